The number of H-pyrrole nitrogens is 1. The highest BCUT2D eigenvalue weighted by Crippen LogP contribution is 2.44. The van der Waals surface area contributed by atoms with Gasteiger partial charge in [0.1, 0.15) is 29.0 Å². The molecule has 0 radical (unpaired) electrons. The number of ether oxygens (including phenoxy) is 2. The topological polar surface area (TPSA) is 128 Å². The number of hydrogen-bond acceptors (Lipinski definition) is 8. The van der Waals surface area contributed by atoms with Crippen LogP contribution in [0, 0.1) is 11.3 Å². The van der Waals surface area contributed by atoms with Crippen molar-refractivity contribution >= 4 is 40.1 Å². The quantitative estimate of drug-likeness (QED) is 0.573. The number of rotatable bonds is 5. The van der Waals surface area contributed by atoms with Crippen LogP contribution in [-0.4, -0.2) is 47.2 Å². The molecular formula is C21H23N7O3. The maximum absolute atomic E-state index is 12.5. The third-order valence-corrected chi connectivity index (χ3v) is 5.07. The van der Waals surface area contributed by atoms with Crippen LogP contribution >= 0.6 is 0 Å². The fourth-order valence-corrected chi connectivity index (χ4v) is 3.58. The van der Waals surface area contributed by atoms with Gasteiger partial charge in [-0.1, -0.05) is 0 Å². The molecule has 0 spiro atoms. The van der Waals surface area contributed by atoms with Crippen molar-refractivity contribution in [3.05, 3.63) is 23.9 Å². The second-order valence-electron chi connectivity index (χ2n) is 7.59. The van der Waals surface area contributed by atoms with Gasteiger partial charge in [0.25, 0.3) is 5.91 Å². The molecule has 3 aromatic rings. The van der Waals surface area contributed by atoms with E-state index in [9.17, 15) is 10.1 Å². The van der Waals surface area contributed by atoms with Gasteiger partial charge in [-0.3, -0.25) is 4.79 Å². The standard InChI is InChI=1S/C21H23N7O3/c1-6-23-17-16-11(9-22)10-24-18(16)27-20(26-17)25-12-7-15-13(8-14(12)30-5)28(4)19(29)21(2,3)31-15/h7-8,10H,6H2,1-5H3,(H3,23,24,25,26,27). The van der Waals surface area contributed by atoms with Gasteiger partial charge >= 0.3 is 0 Å². The van der Waals surface area contributed by atoms with Gasteiger partial charge in [-0.2, -0.15) is 15.2 Å². The van der Waals surface area contributed by atoms with Crippen molar-refractivity contribution in [3.8, 4) is 17.6 Å². The third kappa shape index (κ3) is 3.34. The smallest absolute Gasteiger partial charge is 0.270 e. The Bertz CT molecular complexity index is 1230. The van der Waals surface area contributed by atoms with Crippen LogP contribution in [0.4, 0.5) is 23.1 Å². The Labute approximate surface area is 179 Å². The van der Waals surface area contributed by atoms with E-state index in [1.807, 2.05) is 6.92 Å². The van der Waals surface area contributed by atoms with Gasteiger partial charge in [0.2, 0.25) is 5.95 Å². The molecule has 0 fully saturated rings. The number of nitrogens with zero attached hydrogens (tertiary/aromatic N) is 4. The Balaban J connectivity index is 1.79. The van der Waals surface area contributed by atoms with E-state index in [-0.39, 0.29) is 5.91 Å². The first-order valence-corrected chi connectivity index (χ1v) is 9.78. The highest BCUT2D eigenvalue weighted by atomic mass is 16.5. The number of carbonyl (C=O) groups is 1. The number of anilines is 4. The van der Waals surface area contributed by atoms with Gasteiger partial charge in [0.15, 0.2) is 5.60 Å². The first-order valence-electron chi connectivity index (χ1n) is 9.78. The second-order valence-corrected chi connectivity index (χ2v) is 7.59. The first-order chi connectivity index (χ1) is 14.8. The summed E-state index contributed by atoms with van der Waals surface area (Å²) < 4.78 is 11.5. The van der Waals surface area contributed by atoms with Crippen LogP contribution in [0.3, 0.4) is 0 Å². The summed E-state index contributed by atoms with van der Waals surface area (Å²) in [6.45, 7) is 6.03. The summed E-state index contributed by atoms with van der Waals surface area (Å²) in [5, 5.41) is 16.3. The summed E-state index contributed by atoms with van der Waals surface area (Å²) in [5.41, 5.74) is 1.20. The van der Waals surface area contributed by atoms with Crippen LogP contribution in [0.1, 0.15) is 26.3 Å². The molecule has 3 heterocycles. The van der Waals surface area contributed by atoms with E-state index in [4.69, 9.17) is 9.47 Å². The predicted molar refractivity (Wildman–Crippen MR) is 117 cm³/mol. The van der Waals surface area contributed by atoms with Crippen LogP contribution in [0.25, 0.3) is 11.0 Å². The maximum Gasteiger partial charge on any atom is 0.270 e. The Kier molecular flexibility index (Phi) is 4.81. The van der Waals surface area contributed by atoms with Crippen LogP contribution < -0.4 is 25.0 Å². The number of carbonyl (C=O) groups excluding carboxylic acids is 1. The number of aromatic amines is 1. The lowest BCUT2D eigenvalue weighted by Gasteiger charge is -2.37. The van der Waals surface area contributed by atoms with E-state index in [1.54, 1.807) is 51.2 Å². The second kappa shape index (κ2) is 7.36. The Morgan fingerprint density at radius 3 is 2.81 bits per heavy atom. The van der Waals surface area contributed by atoms with E-state index >= 15 is 0 Å². The molecule has 4 rings (SSSR count). The summed E-state index contributed by atoms with van der Waals surface area (Å²) in [7, 11) is 3.25. The largest absolute Gasteiger partial charge is 0.494 e. The minimum Gasteiger partial charge on any atom is -0.494 e. The molecule has 160 valence electrons. The fraction of sp³-hybridized carbons (Fsp3) is 0.333. The SMILES string of the molecule is CCNc1nc(Nc2cc3c(cc2OC)N(C)C(=O)C(C)(C)O3)nc2[nH]cc(C#N)c12. The number of likely N-dealkylation sites (N-methyl/N-ethyl adjacent to an activating group) is 1. The molecule has 1 aliphatic rings. The van der Waals surface area contributed by atoms with E-state index in [1.165, 1.54) is 0 Å². The van der Waals surface area contributed by atoms with Crippen molar-refractivity contribution in [1.82, 2.24) is 15.0 Å². The highest BCUT2D eigenvalue weighted by Gasteiger charge is 2.39. The lowest BCUT2D eigenvalue weighted by molar-refractivity contribution is -0.132. The summed E-state index contributed by atoms with van der Waals surface area (Å²) in [6, 6.07) is 5.64. The summed E-state index contributed by atoms with van der Waals surface area (Å²) >= 11 is 0. The highest BCUT2D eigenvalue weighted by molar-refractivity contribution is 6.02. The van der Waals surface area contributed by atoms with Gasteiger partial charge in [-0.25, -0.2) is 0 Å². The molecule has 3 N–H and O–H groups in total. The van der Waals surface area contributed by atoms with Crippen LogP contribution in [0.15, 0.2) is 18.3 Å². The molecule has 0 unspecified atom stereocenters. The number of nitrogens with one attached hydrogen (secondary N) is 3. The fourth-order valence-electron chi connectivity index (χ4n) is 3.58. The van der Waals surface area contributed by atoms with Crippen LogP contribution in [-0.2, 0) is 4.79 Å². The molecule has 10 heteroatoms. The molecule has 0 bridgehead atoms. The number of amides is 1. The van der Waals surface area contributed by atoms with Gasteiger partial charge < -0.3 is 30.0 Å². The zero-order valence-electron chi connectivity index (χ0n) is 18.0. The van der Waals surface area contributed by atoms with Gasteiger partial charge in [-0.05, 0) is 20.8 Å². The molecular weight excluding hydrogens is 398 g/mol. The molecule has 1 amide bonds. The van der Waals surface area contributed by atoms with E-state index in [0.29, 0.717) is 57.8 Å². The molecule has 0 atom stereocenters. The Morgan fingerprint density at radius 1 is 1.35 bits per heavy atom. The Hall–Kier alpha value is -4.00. The monoisotopic (exact) mass is 421 g/mol. The number of methoxy groups -OCH3 is 1. The molecule has 1 aliphatic heterocycles. The summed E-state index contributed by atoms with van der Waals surface area (Å²) in [5.74, 6) is 1.75. The zero-order chi connectivity index (χ0) is 22.3. The van der Waals surface area contributed by atoms with Gasteiger partial charge in [0, 0.05) is 31.9 Å². The van der Waals surface area contributed by atoms with Crippen molar-refractivity contribution in [2.45, 2.75) is 26.4 Å². The molecule has 0 aliphatic carbocycles. The van der Waals surface area contributed by atoms with Gasteiger partial charge in [-0.15, -0.1) is 0 Å². The minimum absolute atomic E-state index is 0.146. The maximum atomic E-state index is 12.5. The average Bonchev–Trinajstić information content (AvgIpc) is 3.15. The summed E-state index contributed by atoms with van der Waals surface area (Å²) in [6.07, 6.45) is 1.60. The molecule has 0 saturated carbocycles. The normalized spacial score (nSPS) is 14.6. The number of hydrogen-bond donors (Lipinski definition) is 3. The number of fused-ring (bicyclic) bond motifs is 2. The molecule has 0 saturated heterocycles. The molecule has 31 heavy (non-hydrogen) atoms. The summed E-state index contributed by atoms with van der Waals surface area (Å²) in [4.78, 5) is 26.1. The molecule has 2 aromatic heterocycles. The van der Waals surface area contributed by atoms with Crippen LogP contribution in [0.5, 0.6) is 11.5 Å². The van der Waals surface area contributed by atoms with Gasteiger partial charge in [0.05, 0.1) is 29.4 Å². The van der Waals surface area contributed by atoms with Crippen molar-refractivity contribution in [2.24, 2.45) is 0 Å². The number of benzene rings is 1. The third-order valence-electron chi connectivity index (χ3n) is 5.07. The lowest BCUT2D eigenvalue weighted by Crippen LogP contribution is -2.50. The van der Waals surface area contributed by atoms with Crippen molar-refractivity contribution in [3.63, 3.8) is 0 Å². The van der Waals surface area contributed by atoms with Crippen LogP contribution in [0.2, 0.25) is 0 Å². The lowest BCUT2D eigenvalue weighted by atomic mass is 10.0. The number of nitriles is 1. The van der Waals surface area contributed by atoms with Crippen molar-refractivity contribution in [1.29, 1.82) is 5.26 Å². The number of aromatic nitrogens is 3. The molecule has 1 aromatic carbocycles. The minimum atomic E-state index is -0.987. The van der Waals surface area contributed by atoms with Crippen molar-refractivity contribution in [2.75, 3.05) is 36.2 Å². The van der Waals surface area contributed by atoms with E-state index in [0.717, 1.165) is 0 Å². The first kappa shape index (κ1) is 20.3. The zero-order valence-corrected chi connectivity index (χ0v) is 18.0. The Morgan fingerprint density at radius 2 is 2.13 bits per heavy atom. The van der Waals surface area contributed by atoms with E-state index in [2.05, 4.69) is 31.7 Å². The average molecular weight is 421 g/mol. The van der Waals surface area contributed by atoms with E-state index < -0.39 is 5.60 Å². The predicted octanol–water partition coefficient (Wildman–Crippen LogP) is 3.15. The molecule has 10 nitrogen and oxygen atoms in total. The van der Waals surface area contributed by atoms with Crippen molar-refractivity contribution < 1.29 is 14.3 Å².